The molecule has 66 valence electrons. The molecule has 0 saturated heterocycles. The normalized spacial score (nSPS) is 21.8. The van der Waals surface area contributed by atoms with E-state index in [0.717, 1.165) is 5.92 Å². The zero-order valence-corrected chi connectivity index (χ0v) is 8.62. The van der Waals surface area contributed by atoms with Crippen LogP contribution in [0.2, 0.25) is 0 Å². The van der Waals surface area contributed by atoms with Crippen LogP contribution in [0.5, 0.6) is 0 Å². The molecule has 0 bridgehead atoms. The van der Waals surface area contributed by atoms with Gasteiger partial charge in [0.15, 0.2) is 0 Å². The van der Waals surface area contributed by atoms with Crippen molar-refractivity contribution in [2.45, 2.75) is 51.8 Å². The molecule has 0 N–H and O–H groups in total. The molecular weight excluding hydrogens is 156 g/mol. The van der Waals surface area contributed by atoms with E-state index in [2.05, 4.69) is 20.8 Å². The molecule has 1 saturated carbocycles. The molecular formula is C10H19Cl. The van der Waals surface area contributed by atoms with Crippen molar-refractivity contribution in [2.24, 2.45) is 11.3 Å². The molecule has 0 aliphatic heterocycles. The smallest absolute Gasteiger partial charge is 0.0364 e. The molecule has 1 fully saturated rings. The number of alkyl halides is 1. The number of hydrogen-bond donors (Lipinski definition) is 0. The van der Waals surface area contributed by atoms with E-state index in [1.807, 2.05) is 0 Å². The van der Waals surface area contributed by atoms with Crippen molar-refractivity contribution < 1.29 is 0 Å². The molecule has 0 heterocycles. The lowest BCUT2D eigenvalue weighted by Crippen LogP contribution is -2.10. The molecule has 1 aliphatic carbocycles. The van der Waals surface area contributed by atoms with E-state index in [1.165, 1.54) is 25.7 Å². The Kier molecular flexibility index (Phi) is 2.85. The van der Waals surface area contributed by atoms with Gasteiger partial charge < -0.3 is 0 Å². The minimum absolute atomic E-state index is 0.460. The van der Waals surface area contributed by atoms with Crippen LogP contribution in [0.3, 0.4) is 0 Å². The maximum atomic E-state index is 6.18. The lowest BCUT2D eigenvalue weighted by Gasteiger charge is -2.19. The zero-order chi connectivity index (χ0) is 8.48. The van der Waals surface area contributed by atoms with Crippen LogP contribution >= 0.6 is 11.6 Å². The van der Waals surface area contributed by atoms with Crippen LogP contribution in [0.15, 0.2) is 0 Å². The minimum Gasteiger partial charge on any atom is -0.123 e. The Bertz CT molecular complexity index is 119. The first kappa shape index (κ1) is 9.38. The van der Waals surface area contributed by atoms with E-state index in [-0.39, 0.29) is 0 Å². The molecule has 1 unspecified atom stereocenters. The van der Waals surface area contributed by atoms with Gasteiger partial charge in [0.1, 0.15) is 0 Å². The van der Waals surface area contributed by atoms with Gasteiger partial charge in [0.25, 0.3) is 0 Å². The maximum absolute atomic E-state index is 6.18. The second kappa shape index (κ2) is 3.35. The Morgan fingerprint density at radius 3 is 2.27 bits per heavy atom. The molecule has 1 rings (SSSR count). The molecule has 0 nitrogen and oxygen atoms in total. The summed E-state index contributed by atoms with van der Waals surface area (Å²) in [6, 6.07) is 0. The van der Waals surface area contributed by atoms with E-state index >= 15 is 0 Å². The van der Waals surface area contributed by atoms with E-state index < -0.39 is 0 Å². The topological polar surface area (TPSA) is 0 Å². The van der Waals surface area contributed by atoms with Crippen LogP contribution in [-0.2, 0) is 0 Å². The van der Waals surface area contributed by atoms with E-state index in [1.54, 1.807) is 0 Å². The van der Waals surface area contributed by atoms with Gasteiger partial charge in [-0.15, -0.1) is 11.6 Å². The van der Waals surface area contributed by atoms with Crippen molar-refractivity contribution in [3.63, 3.8) is 0 Å². The fraction of sp³-hybridized carbons (Fsp3) is 1.00. The summed E-state index contributed by atoms with van der Waals surface area (Å²) in [5, 5.41) is 0.467. The molecule has 0 spiro atoms. The van der Waals surface area contributed by atoms with Crippen molar-refractivity contribution in [1.29, 1.82) is 0 Å². The quantitative estimate of drug-likeness (QED) is 0.571. The van der Waals surface area contributed by atoms with Gasteiger partial charge in [0, 0.05) is 5.38 Å². The van der Waals surface area contributed by atoms with Gasteiger partial charge in [0.2, 0.25) is 0 Å². The van der Waals surface area contributed by atoms with Gasteiger partial charge in [-0.05, 0) is 37.0 Å². The summed E-state index contributed by atoms with van der Waals surface area (Å²) < 4.78 is 0. The van der Waals surface area contributed by atoms with Crippen LogP contribution in [0.4, 0.5) is 0 Å². The Labute approximate surface area is 75.3 Å². The number of rotatable bonds is 3. The zero-order valence-electron chi connectivity index (χ0n) is 7.86. The number of hydrogen-bond acceptors (Lipinski definition) is 0. The molecule has 11 heavy (non-hydrogen) atoms. The van der Waals surface area contributed by atoms with Gasteiger partial charge in [-0.2, -0.15) is 0 Å². The summed E-state index contributed by atoms with van der Waals surface area (Å²) in [4.78, 5) is 0. The van der Waals surface area contributed by atoms with Crippen molar-refractivity contribution in [2.75, 3.05) is 0 Å². The van der Waals surface area contributed by atoms with E-state index in [9.17, 15) is 0 Å². The summed E-state index contributed by atoms with van der Waals surface area (Å²) in [6.45, 7) is 6.84. The van der Waals surface area contributed by atoms with Crippen molar-refractivity contribution >= 4 is 11.6 Å². The first-order valence-electron chi connectivity index (χ1n) is 4.63. The van der Waals surface area contributed by atoms with Crippen LogP contribution in [0.1, 0.15) is 46.5 Å². The summed E-state index contributed by atoms with van der Waals surface area (Å²) in [5.74, 6) is 0.860. The Hall–Kier alpha value is 0.290. The average molecular weight is 175 g/mol. The predicted molar refractivity (Wildman–Crippen MR) is 51.1 cm³/mol. The standard InChI is InChI=1S/C10H19Cl/c1-10(2,3)7-6-9(11)8-4-5-8/h8-9H,4-7H2,1-3H3. The Morgan fingerprint density at radius 2 is 1.91 bits per heavy atom. The molecule has 0 amide bonds. The van der Waals surface area contributed by atoms with Crippen LogP contribution in [0.25, 0.3) is 0 Å². The predicted octanol–water partition coefficient (Wildman–Crippen LogP) is 3.83. The molecule has 0 radical (unpaired) electrons. The second-order valence-corrected chi connectivity index (χ2v) is 5.51. The highest BCUT2D eigenvalue weighted by Gasteiger charge is 2.30. The summed E-state index contributed by atoms with van der Waals surface area (Å²) in [7, 11) is 0. The third kappa shape index (κ3) is 4.00. The molecule has 1 atom stereocenters. The van der Waals surface area contributed by atoms with Gasteiger partial charge in [-0.3, -0.25) is 0 Å². The van der Waals surface area contributed by atoms with Crippen LogP contribution in [0, 0.1) is 11.3 Å². The van der Waals surface area contributed by atoms with Crippen molar-refractivity contribution in [1.82, 2.24) is 0 Å². The fourth-order valence-electron chi connectivity index (χ4n) is 1.26. The first-order valence-corrected chi connectivity index (χ1v) is 5.07. The highest BCUT2D eigenvalue weighted by molar-refractivity contribution is 6.20. The third-order valence-electron chi connectivity index (χ3n) is 2.30. The minimum atomic E-state index is 0.460. The Morgan fingerprint density at radius 1 is 1.36 bits per heavy atom. The molecule has 0 aromatic heterocycles. The van der Waals surface area contributed by atoms with E-state index in [4.69, 9.17) is 11.6 Å². The highest BCUT2D eigenvalue weighted by atomic mass is 35.5. The molecule has 0 aromatic rings. The lowest BCUT2D eigenvalue weighted by atomic mass is 9.89. The average Bonchev–Trinajstić information content (AvgIpc) is 2.61. The third-order valence-corrected chi connectivity index (χ3v) is 2.88. The van der Waals surface area contributed by atoms with Gasteiger partial charge in [-0.1, -0.05) is 20.8 Å². The number of halogens is 1. The van der Waals surface area contributed by atoms with Gasteiger partial charge >= 0.3 is 0 Å². The van der Waals surface area contributed by atoms with Crippen LogP contribution < -0.4 is 0 Å². The molecule has 1 aliphatic rings. The molecule has 1 heteroatoms. The fourth-order valence-corrected chi connectivity index (χ4v) is 1.63. The Balaban J connectivity index is 2.10. The summed E-state index contributed by atoms with van der Waals surface area (Å²) in [6.07, 6.45) is 5.21. The van der Waals surface area contributed by atoms with Gasteiger partial charge in [-0.25, -0.2) is 0 Å². The first-order chi connectivity index (χ1) is 4.99. The second-order valence-electron chi connectivity index (χ2n) is 4.95. The molecule has 0 aromatic carbocycles. The summed E-state index contributed by atoms with van der Waals surface area (Å²) >= 11 is 6.18. The van der Waals surface area contributed by atoms with Crippen LogP contribution in [-0.4, -0.2) is 5.38 Å². The lowest BCUT2D eigenvalue weighted by molar-refractivity contribution is 0.357. The summed E-state index contributed by atoms with van der Waals surface area (Å²) in [5.41, 5.74) is 0.460. The van der Waals surface area contributed by atoms with Gasteiger partial charge in [0.05, 0.1) is 0 Å². The highest BCUT2D eigenvalue weighted by Crippen LogP contribution is 2.39. The van der Waals surface area contributed by atoms with Crippen molar-refractivity contribution in [3.05, 3.63) is 0 Å². The largest absolute Gasteiger partial charge is 0.123 e. The van der Waals surface area contributed by atoms with E-state index in [0.29, 0.717) is 10.8 Å². The SMILES string of the molecule is CC(C)(C)CCC(Cl)C1CC1. The monoisotopic (exact) mass is 174 g/mol. The maximum Gasteiger partial charge on any atom is 0.0364 e. The van der Waals surface area contributed by atoms with Crippen molar-refractivity contribution in [3.8, 4) is 0 Å².